The van der Waals surface area contributed by atoms with Crippen molar-refractivity contribution in [1.29, 1.82) is 0 Å². The topological polar surface area (TPSA) is 121 Å². The number of Topliss-reactive ketones (excluding diaryl/α,β-unsaturated/α-hetero) is 1. The minimum absolute atomic E-state index is 0.165. The molecule has 0 aliphatic carbocycles. The molecule has 1 aliphatic rings. The first kappa shape index (κ1) is 31.0. The number of nitrogens with one attached hydrogen (secondary N) is 3. The molecule has 3 unspecified atom stereocenters. The first-order chi connectivity index (χ1) is 17.7. The Kier molecular flexibility index (Phi) is 13.3. The van der Waals surface area contributed by atoms with Crippen molar-refractivity contribution in [2.24, 2.45) is 5.92 Å². The number of amides is 3. The van der Waals surface area contributed by atoms with Gasteiger partial charge in [0.1, 0.15) is 12.1 Å². The van der Waals surface area contributed by atoms with Gasteiger partial charge in [-0.05, 0) is 44.6 Å². The third-order valence-corrected chi connectivity index (χ3v) is 10.3. The van der Waals surface area contributed by atoms with E-state index in [1.165, 1.54) is 10.8 Å². The number of ketones is 1. The molecule has 0 saturated carbocycles. The van der Waals surface area contributed by atoms with Crippen LogP contribution in [0.15, 0.2) is 24.3 Å². The molecule has 1 fully saturated rings. The Morgan fingerprint density at radius 3 is 2.38 bits per heavy atom. The lowest BCUT2D eigenvalue weighted by molar-refractivity contribution is -0.140. The molecule has 206 valence electrons. The van der Waals surface area contributed by atoms with Gasteiger partial charge in [-0.3, -0.25) is 19.2 Å². The van der Waals surface area contributed by atoms with Crippen molar-refractivity contribution in [3.05, 3.63) is 35.4 Å². The van der Waals surface area contributed by atoms with Crippen LogP contribution in [0.4, 0.5) is 0 Å². The first-order valence-corrected chi connectivity index (χ1v) is 15.9. The van der Waals surface area contributed by atoms with Crippen molar-refractivity contribution in [3.63, 3.8) is 0 Å². The lowest BCUT2D eigenvalue weighted by Crippen LogP contribution is -2.56. The van der Waals surface area contributed by atoms with Crippen LogP contribution in [0.2, 0.25) is 0 Å². The molecule has 37 heavy (non-hydrogen) atoms. The number of unbranched alkanes of at least 4 members (excludes halogenated alkanes) is 1. The zero-order chi connectivity index (χ0) is 27.4. The molecule has 1 aromatic rings. The SMILES string of the molecule is CCNC(=O)C(=O)[C@H](Cc1ccc(C)cc1)NC(=O)[C@@H](NC(=O)CCCCC1CCSS1=O)C(C)CC. The molecule has 1 heterocycles. The molecule has 0 aromatic heterocycles. The molecule has 2 rings (SSSR count). The number of aryl methyl sites for hydroxylation is 1. The van der Waals surface area contributed by atoms with Crippen molar-refractivity contribution in [2.75, 3.05) is 12.3 Å². The van der Waals surface area contributed by atoms with Crippen LogP contribution < -0.4 is 16.0 Å². The van der Waals surface area contributed by atoms with E-state index in [0.29, 0.717) is 19.4 Å². The molecule has 0 spiro atoms. The van der Waals surface area contributed by atoms with Crippen LogP contribution in [0.1, 0.15) is 70.4 Å². The lowest BCUT2D eigenvalue weighted by atomic mass is 9.96. The Balaban J connectivity index is 2.02. The summed E-state index contributed by atoms with van der Waals surface area (Å²) in [7, 11) is 0.677. The normalized spacial score (nSPS) is 19.5. The molecule has 1 saturated heterocycles. The predicted octanol–water partition coefficient (Wildman–Crippen LogP) is 2.99. The van der Waals surface area contributed by atoms with E-state index in [0.717, 1.165) is 36.1 Å². The van der Waals surface area contributed by atoms with Crippen molar-refractivity contribution >= 4 is 44.1 Å². The van der Waals surface area contributed by atoms with Gasteiger partial charge in [0.15, 0.2) is 0 Å². The van der Waals surface area contributed by atoms with Gasteiger partial charge in [0.05, 0.1) is 9.83 Å². The van der Waals surface area contributed by atoms with Crippen molar-refractivity contribution < 1.29 is 23.4 Å². The van der Waals surface area contributed by atoms with E-state index in [2.05, 4.69) is 16.0 Å². The monoisotopic (exact) mass is 551 g/mol. The summed E-state index contributed by atoms with van der Waals surface area (Å²) >= 11 is 0. The highest BCUT2D eigenvalue weighted by Crippen LogP contribution is 2.29. The maximum absolute atomic E-state index is 13.3. The summed E-state index contributed by atoms with van der Waals surface area (Å²) in [6.07, 6.45) is 4.36. The highest BCUT2D eigenvalue weighted by Gasteiger charge is 2.32. The Bertz CT molecular complexity index is 954. The molecular formula is C27H41N3O5S2. The molecular weight excluding hydrogens is 510 g/mol. The van der Waals surface area contributed by atoms with Crippen molar-refractivity contribution in [3.8, 4) is 0 Å². The van der Waals surface area contributed by atoms with Gasteiger partial charge >= 0.3 is 0 Å². The van der Waals surface area contributed by atoms with E-state index < -0.39 is 39.5 Å². The van der Waals surface area contributed by atoms with E-state index in [1.807, 2.05) is 45.0 Å². The zero-order valence-electron chi connectivity index (χ0n) is 22.3. The Morgan fingerprint density at radius 2 is 1.78 bits per heavy atom. The second-order valence-corrected chi connectivity index (χ2v) is 13.2. The van der Waals surface area contributed by atoms with Gasteiger partial charge in [-0.25, -0.2) is 4.21 Å². The van der Waals surface area contributed by atoms with E-state index in [-0.39, 0.29) is 29.9 Å². The van der Waals surface area contributed by atoms with Gasteiger partial charge in [-0.1, -0.05) is 67.3 Å². The van der Waals surface area contributed by atoms with Crippen LogP contribution in [0.25, 0.3) is 0 Å². The maximum Gasteiger partial charge on any atom is 0.289 e. The van der Waals surface area contributed by atoms with Crippen LogP contribution in [-0.4, -0.2) is 57.3 Å². The summed E-state index contributed by atoms with van der Waals surface area (Å²) in [4.78, 5) is 51.2. The van der Waals surface area contributed by atoms with E-state index in [4.69, 9.17) is 0 Å². The van der Waals surface area contributed by atoms with Gasteiger partial charge in [0.2, 0.25) is 17.6 Å². The van der Waals surface area contributed by atoms with E-state index in [9.17, 15) is 23.4 Å². The van der Waals surface area contributed by atoms with Gasteiger partial charge < -0.3 is 16.0 Å². The summed E-state index contributed by atoms with van der Waals surface area (Å²) in [6, 6.07) is 5.70. The van der Waals surface area contributed by atoms with Crippen LogP contribution in [0, 0.1) is 12.8 Å². The summed E-state index contributed by atoms with van der Waals surface area (Å²) in [5.74, 6) is -1.40. The number of likely N-dealkylation sites (N-methyl/N-ethyl adjacent to an activating group) is 1. The molecule has 8 nitrogen and oxygen atoms in total. The fourth-order valence-electron chi connectivity index (χ4n) is 4.14. The molecule has 1 aliphatic heterocycles. The summed E-state index contributed by atoms with van der Waals surface area (Å²) in [6.45, 7) is 7.78. The van der Waals surface area contributed by atoms with Gasteiger partial charge in [0, 0.05) is 30.4 Å². The number of hydrogen-bond acceptors (Lipinski definition) is 6. The third kappa shape index (κ3) is 10.2. The average molecular weight is 552 g/mol. The number of rotatable bonds is 15. The Hall–Kier alpha value is -2.20. The van der Waals surface area contributed by atoms with Crippen LogP contribution in [-0.2, 0) is 35.4 Å². The number of carbonyl (C=O) groups is 4. The Labute approximate surface area is 226 Å². The number of hydrogen-bond donors (Lipinski definition) is 3. The van der Waals surface area contributed by atoms with Crippen LogP contribution >= 0.6 is 10.8 Å². The average Bonchev–Trinajstić information content (AvgIpc) is 3.29. The van der Waals surface area contributed by atoms with Gasteiger partial charge in [-0.2, -0.15) is 0 Å². The molecule has 10 heteroatoms. The molecule has 1 aromatic carbocycles. The van der Waals surface area contributed by atoms with Gasteiger partial charge in [0.25, 0.3) is 5.91 Å². The number of carbonyl (C=O) groups excluding carboxylic acids is 4. The molecule has 3 N–H and O–H groups in total. The minimum atomic E-state index is -1.05. The highest BCUT2D eigenvalue weighted by atomic mass is 33.1. The standard InChI is InChI=1S/C27H41N3O5S2/c1-5-19(4)24(30-23(31)10-8-7-9-21-15-16-36-37(21)35)26(33)29-22(25(32)27(34)28-6-2)17-20-13-11-18(3)12-14-20/h11-14,19,21-22,24H,5-10,15-17H2,1-4H3,(H,28,34)(H,29,33)(H,30,31)/t19?,21?,22-,24-,37?/m0/s1. The van der Waals surface area contributed by atoms with Crippen LogP contribution in [0.5, 0.6) is 0 Å². The highest BCUT2D eigenvalue weighted by molar-refractivity contribution is 8.69. The lowest BCUT2D eigenvalue weighted by Gasteiger charge is -2.26. The molecule has 3 amide bonds. The summed E-state index contributed by atoms with van der Waals surface area (Å²) < 4.78 is 11.9. The first-order valence-electron chi connectivity index (χ1n) is 13.2. The zero-order valence-corrected chi connectivity index (χ0v) is 24.0. The van der Waals surface area contributed by atoms with E-state index >= 15 is 0 Å². The Morgan fingerprint density at radius 1 is 1.08 bits per heavy atom. The second-order valence-electron chi connectivity index (χ2n) is 9.64. The fraction of sp³-hybridized carbons (Fsp3) is 0.630. The van der Waals surface area contributed by atoms with Gasteiger partial charge in [-0.15, -0.1) is 0 Å². The third-order valence-electron chi connectivity index (χ3n) is 6.66. The fourth-order valence-corrected chi connectivity index (χ4v) is 7.63. The minimum Gasteiger partial charge on any atom is -0.350 e. The second kappa shape index (κ2) is 15.9. The summed E-state index contributed by atoms with van der Waals surface area (Å²) in [5.41, 5.74) is 1.88. The molecule has 0 radical (unpaired) electrons. The predicted molar refractivity (Wildman–Crippen MR) is 149 cm³/mol. The maximum atomic E-state index is 13.3. The van der Waals surface area contributed by atoms with Crippen molar-refractivity contribution in [1.82, 2.24) is 16.0 Å². The van der Waals surface area contributed by atoms with Crippen LogP contribution in [0.3, 0.4) is 0 Å². The number of benzene rings is 1. The van der Waals surface area contributed by atoms with E-state index in [1.54, 1.807) is 6.92 Å². The molecule has 0 bridgehead atoms. The molecule has 5 atom stereocenters. The smallest absolute Gasteiger partial charge is 0.289 e. The summed E-state index contributed by atoms with van der Waals surface area (Å²) in [5, 5.41) is 8.32. The quantitative estimate of drug-likeness (QED) is 0.175. The largest absolute Gasteiger partial charge is 0.350 e. The van der Waals surface area contributed by atoms with Crippen molar-refractivity contribution in [2.45, 2.75) is 90.0 Å².